The van der Waals surface area contributed by atoms with Crippen molar-refractivity contribution in [3.05, 3.63) is 81.4 Å². The molecule has 0 heterocycles. The average molecular weight is 502 g/mol. The summed E-state index contributed by atoms with van der Waals surface area (Å²) in [6.45, 7) is 0. The molecule has 0 saturated heterocycles. The van der Waals surface area contributed by atoms with Crippen LogP contribution in [0.25, 0.3) is 0 Å². The molecule has 0 unspecified atom stereocenters. The second-order valence-electron chi connectivity index (χ2n) is 6.81. The molecular weight excluding hydrogens is 482 g/mol. The zero-order chi connectivity index (χ0) is 24.7. The van der Waals surface area contributed by atoms with E-state index in [9.17, 15) is 19.7 Å². The fraction of sp³-hybridized carbons (Fsp3) is 0.130. The molecule has 0 aliphatic carbocycles. The second-order valence-corrected chi connectivity index (χ2v) is 8.26. The third-order valence-corrected chi connectivity index (χ3v) is 5.88. The molecule has 0 aliphatic rings. The first-order chi connectivity index (χ1) is 16.3. The van der Waals surface area contributed by atoms with Gasteiger partial charge in [-0.2, -0.15) is 0 Å². The molecule has 9 nitrogen and oxygen atoms in total. The van der Waals surface area contributed by atoms with E-state index >= 15 is 0 Å². The van der Waals surface area contributed by atoms with Crippen molar-refractivity contribution in [1.82, 2.24) is 0 Å². The maximum absolute atomic E-state index is 12.4. The van der Waals surface area contributed by atoms with Crippen molar-refractivity contribution >= 4 is 52.2 Å². The van der Waals surface area contributed by atoms with E-state index in [4.69, 9.17) is 21.1 Å². The van der Waals surface area contributed by atoms with E-state index in [1.807, 2.05) is 0 Å². The summed E-state index contributed by atoms with van der Waals surface area (Å²) in [5.74, 6) is 0.364. The zero-order valence-corrected chi connectivity index (χ0v) is 19.7. The summed E-state index contributed by atoms with van der Waals surface area (Å²) in [7, 11) is 2.97. The van der Waals surface area contributed by atoms with Gasteiger partial charge in [0.1, 0.15) is 11.5 Å². The molecule has 34 heavy (non-hydrogen) atoms. The molecule has 176 valence electrons. The largest absolute Gasteiger partial charge is 0.495 e. The number of benzene rings is 3. The van der Waals surface area contributed by atoms with E-state index < -0.39 is 4.92 Å². The molecule has 3 aromatic carbocycles. The summed E-state index contributed by atoms with van der Waals surface area (Å²) in [5, 5.41) is 16.6. The van der Waals surface area contributed by atoms with E-state index in [1.54, 1.807) is 36.4 Å². The Labute approximate surface area is 204 Å². The van der Waals surface area contributed by atoms with Gasteiger partial charge < -0.3 is 20.1 Å². The normalized spacial score (nSPS) is 10.3. The fourth-order valence-corrected chi connectivity index (χ4v) is 3.80. The van der Waals surface area contributed by atoms with E-state index in [2.05, 4.69) is 10.6 Å². The number of halogens is 1. The van der Waals surface area contributed by atoms with Crippen LogP contribution in [0, 0.1) is 10.1 Å². The molecule has 0 saturated carbocycles. The Morgan fingerprint density at radius 3 is 2.21 bits per heavy atom. The van der Waals surface area contributed by atoms with Crippen LogP contribution >= 0.6 is 23.4 Å². The minimum absolute atomic E-state index is 0.0875. The molecule has 0 fully saturated rings. The molecule has 0 radical (unpaired) electrons. The van der Waals surface area contributed by atoms with Crippen LogP contribution in [0.2, 0.25) is 5.02 Å². The minimum Gasteiger partial charge on any atom is -0.495 e. The van der Waals surface area contributed by atoms with Gasteiger partial charge in [-0.15, -0.1) is 11.8 Å². The maximum Gasteiger partial charge on any atom is 0.269 e. The monoisotopic (exact) mass is 501 g/mol. The predicted octanol–water partition coefficient (Wildman–Crippen LogP) is 5.25. The van der Waals surface area contributed by atoms with Crippen LogP contribution in [-0.2, 0) is 4.79 Å². The number of nitrogens with one attached hydrogen (secondary N) is 2. The Morgan fingerprint density at radius 1 is 0.971 bits per heavy atom. The van der Waals surface area contributed by atoms with Crippen LogP contribution in [0.15, 0.2) is 65.6 Å². The molecule has 2 N–H and O–H groups in total. The SMILES string of the molecule is COc1cc(OC)c(NC(=O)CSc2ccc(NC(=O)c3ccc([N+](=O)[O-])cc3)cc2)cc1Cl. The summed E-state index contributed by atoms with van der Waals surface area (Å²) in [6, 6.07) is 15.4. The lowest BCUT2D eigenvalue weighted by atomic mass is 10.2. The molecule has 0 aromatic heterocycles. The van der Waals surface area contributed by atoms with Crippen LogP contribution in [0.3, 0.4) is 0 Å². The summed E-state index contributed by atoms with van der Waals surface area (Å²) in [5.41, 5.74) is 1.20. The minimum atomic E-state index is -0.527. The Bertz CT molecular complexity index is 1200. The molecule has 0 atom stereocenters. The molecule has 0 aliphatic heterocycles. The van der Waals surface area contributed by atoms with Crippen molar-refractivity contribution in [2.75, 3.05) is 30.6 Å². The highest BCUT2D eigenvalue weighted by molar-refractivity contribution is 8.00. The Kier molecular flexibility index (Phi) is 8.34. The van der Waals surface area contributed by atoms with Crippen molar-refractivity contribution < 1.29 is 24.0 Å². The van der Waals surface area contributed by atoms with Crippen LogP contribution in [-0.4, -0.2) is 36.7 Å². The first-order valence-corrected chi connectivity index (χ1v) is 11.2. The van der Waals surface area contributed by atoms with Gasteiger partial charge in [0.2, 0.25) is 5.91 Å². The van der Waals surface area contributed by atoms with Crippen molar-refractivity contribution in [2.45, 2.75) is 4.90 Å². The summed E-state index contributed by atoms with van der Waals surface area (Å²) in [4.78, 5) is 35.7. The highest BCUT2D eigenvalue weighted by atomic mass is 35.5. The number of carbonyl (C=O) groups is 2. The van der Waals surface area contributed by atoms with Gasteiger partial charge >= 0.3 is 0 Å². The number of ether oxygens (including phenoxy) is 2. The van der Waals surface area contributed by atoms with Gasteiger partial charge in [0.05, 0.1) is 35.6 Å². The summed E-state index contributed by atoms with van der Waals surface area (Å²) in [6.07, 6.45) is 0. The number of anilines is 2. The molecular formula is C23H20ClN3O6S. The Hall–Kier alpha value is -3.76. The fourth-order valence-electron chi connectivity index (χ4n) is 2.87. The van der Waals surface area contributed by atoms with E-state index in [-0.39, 0.29) is 23.3 Å². The second kappa shape index (κ2) is 11.4. The number of thioether (sulfide) groups is 1. The van der Waals surface area contributed by atoms with Gasteiger partial charge in [-0.25, -0.2) is 0 Å². The van der Waals surface area contributed by atoms with Gasteiger partial charge in [0.15, 0.2) is 0 Å². The van der Waals surface area contributed by atoms with E-state index in [1.165, 1.54) is 50.2 Å². The van der Waals surface area contributed by atoms with Crippen molar-refractivity contribution in [3.8, 4) is 11.5 Å². The molecule has 3 aromatic rings. The molecule has 11 heteroatoms. The number of methoxy groups -OCH3 is 2. The van der Waals surface area contributed by atoms with E-state index in [0.29, 0.717) is 33.5 Å². The lowest BCUT2D eigenvalue weighted by Crippen LogP contribution is -2.15. The highest BCUT2D eigenvalue weighted by Gasteiger charge is 2.13. The van der Waals surface area contributed by atoms with Gasteiger partial charge in [-0.05, 0) is 42.5 Å². The van der Waals surface area contributed by atoms with Gasteiger partial charge in [-0.3, -0.25) is 19.7 Å². The Balaban J connectivity index is 1.54. The van der Waals surface area contributed by atoms with Crippen LogP contribution in [0.5, 0.6) is 11.5 Å². The van der Waals surface area contributed by atoms with Gasteiger partial charge in [-0.1, -0.05) is 11.6 Å². The smallest absolute Gasteiger partial charge is 0.269 e. The first kappa shape index (κ1) is 24.9. The topological polar surface area (TPSA) is 120 Å². The highest BCUT2D eigenvalue weighted by Crippen LogP contribution is 2.36. The third-order valence-electron chi connectivity index (χ3n) is 4.57. The Morgan fingerprint density at radius 2 is 1.62 bits per heavy atom. The zero-order valence-electron chi connectivity index (χ0n) is 18.2. The number of hydrogen-bond donors (Lipinski definition) is 2. The summed E-state index contributed by atoms with van der Waals surface area (Å²) >= 11 is 7.44. The lowest BCUT2D eigenvalue weighted by Gasteiger charge is -2.13. The number of rotatable bonds is 9. The van der Waals surface area contributed by atoms with Gasteiger partial charge in [0, 0.05) is 34.3 Å². The molecule has 0 spiro atoms. The number of non-ortho nitro benzene ring substituents is 1. The first-order valence-electron chi connectivity index (χ1n) is 9.80. The predicted molar refractivity (Wildman–Crippen MR) is 131 cm³/mol. The summed E-state index contributed by atoms with van der Waals surface area (Å²) < 4.78 is 10.4. The van der Waals surface area contributed by atoms with E-state index in [0.717, 1.165) is 4.90 Å². The standard InChI is InChI=1S/C23H20ClN3O6S/c1-32-20-12-21(33-2)19(11-18(20)24)26-22(28)13-34-17-9-5-15(6-10-17)25-23(29)14-3-7-16(8-4-14)27(30)31/h3-12H,13H2,1-2H3,(H,25,29)(H,26,28). The van der Waals surface area contributed by atoms with Crippen molar-refractivity contribution in [2.24, 2.45) is 0 Å². The molecule has 2 amide bonds. The maximum atomic E-state index is 12.4. The lowest BCUT2D eigenvalue weighted by molar-refractivity contribution is -0.384. The quantitative estimate of drug-likeness (QED) is 0.233. The molecule has 0 bridgehead atoms. The van der Waals surface area contributed by atoms with Crippen LogP contribution in [0.4, 0.5) is 17.1 Å². The number of nitrogens with zero attached hydrogens (tertiary/aromatic N) is 1. The number of hydrogen-bond acceptors (Lipinski definition) is 7. The third kappa shape index (κ3) is 6.40. The number of nitro groups is 1. The van der Waals surface area contributed by atoms with Crippen LogP contribution in [0.1, 0.15) is 10.4 Å². The number of nitro benzene ring substituents is 1. The number of amides is 2. The van der Waals surface area contributed by atoms with Gasteiger partial charge in [0.25, 0.3) is 11.6 Å². The van der Waals surface area contributed by atoms with Crippen molar-refractivity contribution in [1.29, 1.82) is 0 Å². The average Bonchev–Trinajstić information content (AvgIpc) is 2.84. The van der Waals surface area contributed by atoms with Crippen molar-refractivity contribution in [3.63, 3.8) is 0 Å². The molecule has 3 rings (SSSR count). The number of carbonyl (C=O) groups excluding carboxylic acids is 2. The van der Waals surface area contributed by atoms with Crippen LogP contribution < -0.4 is 20.1 Å².